The van der Waals surface area contributed by atoms with Gasteiger partial charge in [-0.05, 0) is 42.3 Å². The van der Waals surface area contributed by atoms with Gasteiger partial charge in [-0.25, -0.2) is 8.42 Å². The highest BCUT2D eigenvalue weighted by Gasteiger charge is 2.25. The maximum absolute atomic E-state index is 12.6. The Bertz CT molecular complexity index is 882. The van der Waals surface area contributed by atoms with E-state index < -0.39 is 10.0 Å². The number of allylic oxidation sites excluding steroid dienone is 1. The molecule has 5 nitrogen and oxygen atoms in total. The average molecular weight is 370 g/mol. The second-order valence-corrected chi connectivity index (χ2v) is 8.01. The van der Waals surface area contributed by atoms with Crippen molar-refractivity contribution in [1.82, 2.24) is 4.31 Å². The number of nitrogens with zero attached hydrogens (tertiary/aromatic N) is 2. The van der Waals surface area contributed by atoms with Crippen molar-refractivity contribution in [2.75, 3.05) is 26.3 Å². The summed E-state index contributed by atoms with van der Waals surface area (Å²) in [6.07, 6.45) is 3.82. The molecule has 1 saturated heterocycles. The lowest BCUT2D eigenvalue weighted by Crippen LogP contribution is -2.40. The second kappa shape index (κ2) is 8.40. The standard InChI is InChI=1S/C20H22N2O3S/c1-17(15-18-5-3-2-4-6-18)16-21-19-7-9-20(10-8-19)26(23,24)22-11-13-25-14-12-22/h2-10,15-16H,11-14H2,1H3. The van der Waals surface area contributed by atoms with Crippen LogP contribution in [0.3, 0.4) is 0 Å². The van der Waals surface area contributed by atoms with Crippen LogP contribution >= 0.6 is 0 Å². The van der Waals surface area contributed by atoms with Crippen LogP contribution in [-0.2, 0) is 14.8 Å². The lowest BCUT2D eigenvalue weighted by Gasteiger charge is -2.26. The molecule has 2 aromatic rings. The molecule has 1 fully saturated rings. The van der Waals surface area contributed by atoms with Gasteiger partial charge in [-0.3, -0.25) is 4.99 Å². The zero-order valence-corrected chi connectivity index (χ0v) is 15.5. The van der Waals surface area contributed by atoms with Crippen molar-refractivity contribution >= 4 is 28.0 Å². The quantitative estimate of drug-likeness (QED) is 0.757. The summed E-state index contributed by atoms with van der Waals surface area (Å²) in [6.45, 7) is 3.65. The first kappa shape index (κ1) is 18.5. The van der Waals surface area contributed by atoms with Gasteiger partial charge in [-0.1, -0.05) is 36.4 Å². The van der Waals surface area contributed by atoms with Crippen LogP contribution in [0.2, 0.25) is 0 Å². The van der Waals surface area contributed by atoms with Crippen LogP contribution in [0.25, 0.3) is 6.08 Å². The summed E-state index contributed by atoms with van der Waals surface area (Å²) in [5.74, 6) is 0. The van der Waals surface area contributed by atoms with E-state index in [1.54, 1.807) is 30.5 Å². The summed E-state index contributed by atoms with van der Waals surface area (Å²) < 4.78 is 31.9. The van der Waals surface area contributed by atoms with Gasteiger partial charge in [-0.2, -0.15) is 4.31 Å². The molecule has 1 aliphatic heterocycles. The fraction of sp³-hybridized carbons (Fsp3) is 0.250. The molecule has 0 saturated carbocycles. The number of ether oxygens (including phenoxy) is 1. The SMILES string of the molecule is CC(C=Nc1ccc(S(=O)(=O)N2CCOCC2)cc1)=Cc1ccccc1. The number of sulfonamides is 1. The van der Waals surface area contributed by atoms with E-state index in [0.29, 0.717) is 32.0 Å². The van der Waals surface area contributed by atoms with E-state index in [1.165, 1.54) is 4.31 Å². The van der Waals surface area contributed by atoms with E-state index in [0.717, 1.165) is 11.1 Å². The molecule has 0 amide bonds. The number of hydrogen-bond donors (Lipinski definition) is 0. The van der Waals surface area contributed by atoms with Crippen LogP contribution in [0.15, 0.2) is 70.1 Å². The van der Waals surface area contributed by atoms with Crippen LogP contribution in [0, 0.1) is 0 Å². The van der Waals surface area contributed by atoms with Gasteiger partial charge < -0.3 is 4.74 Å². The Morgan fingerprint density at radius 3 is 2.35 bits per heavy atom. The molecule has 6 heteroatoms. The Balaban J connectivity index is 1.70. The Labute approximate surface area is 154 Å². The maximum Gasteiger partial charge on any atom is 0.243 e. The zero-order chi connectivity index (χ0) is 18.4. The maximum atomic E-state index is 12.6. The van der Waals surface area contributed by atoms with Crippen LogP contribution < -0.4 is 0 Å². The third-order valence-electron chi connectivity index (χ3n) is 4.06. The van der Waals surface area contributed by atoms with Gasteiger partial charge in [-0.15, -0.1) is 0 Å². The average Bonchev–Trinajstić information content (AvgIpc) is 2.68. The van der Waals surface area contributed by atoms with E-state index in [1.807, 2.05) is 43.3 Å². The molecule has 2 aromatic carbocycles. The predicted octanol–water partition coefficient (Wildman–Crippen LogP) is 3.51. The monoisotopic (exact) mass is 370 g/mol. The first-order valence-electron chi connectivity index (χ1n) is 8.51. The molecule has 0 aromatic heterocycles. The highest BCUT2D eigenvalue weighted by molar-refractivity contribution is 7.89. The Kier molecular flexibility index (Phi) is 5.98. The second-order valence-electron chi connectivity index (χ2n) is 6.07. The molecule has 3 rings (SSSR count). The summed E-state index contributed by atoms with van der Waals surface area (Å²) in [5.41, 5.74) is 2.84. The third kappa shape index (κ3) is 4.66. The van der Waals surface area contributed by atoms with Crippen molar-refractivity contribution in [3.63, 3.8) is 0 Å². The normalized spacial score (nSPS) is 16.9. The number of rotatable bonds is 5. The smallest absolute Gasteiger partial charge is 0.243 e. The van der Waals surface area contributed by atoms with Crippen molar-refractivity contribution in [2.24, 2.45) is 4.99 Å². The van der Waals surface area contributed by atoms with Crippen LogP contribution in [0.4, 0.5) is 5.69 Å². The molecule has 0 radical (unpaired) electrons. The van der Waals surface area contributed by atoms with Crippen molar-refractivity contribution in [2.45, 2.75) is 11.8 Å². The summed E-state index contributed by atoms with van der Waals surface area (Å²) in [6, 6.07) is 16.7. The van der Waals surface area contributed by atoms with E-state index in [9.17, 15) is 8.42 Å². The minimum Gasteiger partial charge on any atom is -0.379 e. The summed E-state index contributed by atoms with van der Waals surface area (Å²) >= 11 is 0. The molecule has 136 valence electrons. The van der Waals surface area contributed by atoms with Gasteiger partial charge in [0.1, 0.15) is 0 Å². The van der Waals surface area contributed by atoms with Gasteiger partial charge in [0.2, 0.25) is 10.0 Å². The molecule has 0 spiro atoms. The molecule has 0 bridgehead atoms. The lowest BCUT2D eigenvalue weighted by molar-refractivity contribution is 0.0730. The van der Waals surface area contributed by atoms with Gasteiger partial charge in [0.05, 0.1) is 23.8 Å². The van der Waals surface area contributed by atoms with Gasteiger partial charge in [0, 0.05) is 19.3 Å². The highest BCUT2D eigenvalue weighted by Crippen LogP contribution is 2.21. The topological polar surface area (TPSA) is 59.0 Å². The molecule has 1 aliphatic rings. The van der Waals surface area contributed by atoms with E-state index in [4.69, 9.17) is 4.74 Å². The van der Waals surface area contributed by atoms with Crippen molar-refractivity contribution in [3.8, 4) is 0 Å². The molecule has 1 heterocycles. The minimum absolute atomic E-state index is 0.287. The molecule has 0 N–H and O–H groups in total. The van der Waals surface area contributed by atoms with Crippen LogP contribution in [-0.4, -0.2) is 45.2 Å². The number of hydrogen-bond acceptors (Lipinski definition) is 4. The van der Waals surface area contributed by atoms with Gasteiger partial charge in [0.25, 0.3) is 0 Å². The van der Waals surface area contributed by atoms with E-state index in [-0.39, 0.29) is 4.90 Å². The van der Waals surface area contributed by atoms with E-state index in [2.05, 4.69) is 4.99 Å². The predicted molar refractivity (Wildman–Crippen MR) is 104 cm³/mol. The number of aliphatic imine (C=N–C) groups is 1. The molecule has 0 atom stereocenters. The van der Waals surface area contributed by atoms with Crippen molar-refractivity contribution in [1.29, 1.82) is 0 Å². The number of morpholine rings is 1. The fourth-order valence-corrected chi connectivity index (χ4v) is 4.07. The van der Waals surface area contributed by atoms with Gasteiger partial charge in [0.15, 0.2) is 0 Å². The Morgan fingerprint density at radius 2 is 1.69 bits per heavy atom. The Morgan fingerprint density at radius 1 is 1.04 bits per heavy atom. The van der Waals surface area contributed by atoms with Gasteiger partial charge >= 0.3 is 0 Å². The van der Waals surface area contributed by atoms with Crippen molar-refractivity contribution in [3.05, 3.63) is 65.7 Å². The molecule has 26 heavy (non-hydrogen) atoms. The molecule has 0 aliphatic carbocycles. The van der Waals surface area contributed by atoms with E-state index >= 15 is 0 Å². The molecule has 0 unspecified atom stereocenters. The lowest BCUT2D eigenvalue weighted by atomic mass is 10.1. The first-order valence-corrected chi connectivity index (χ1v) is 9.95. The largest absolute Gasteiger partial charge is 0.379 e. The first-order chi connectivity index (χ1) is 12.6. The zero-order valence-electron chi connectivity index (χ0n) is 14.7. The van der Waals surface area contributed by atoms with Crippen LogP contribution in [0.5, 0.6) is 0 Å². The summed E-state index contributed by atoms with van der Waals surface area (Å²) in [7, 11) is -3.46. The summed E-state index contributed by atoms with van der Waals surface area (Å²) in [4.78, 5) is 4.70. The highest BCUT2D eigenvalue weighted by atomic mass is 32.2. The number of benzene rings is 2. The Hall–Kier alpha value is -2.28. The molecular formula is C20H22N2O3S. The molecular weight excluding hydrogens is 348 g/mol. The van der Waals surface area contributed by atoms with Crippen LogP contribution in [0.1, 0.15) is 12.5 Å². The van der Waals surface area contributed by atoms with Crippen molar-refractivity contribution < 1.29 is 13.2 Å². The fourth-order valence-electron chi connectivity index (χ4n) is 2.67. The third-order valence-corrected chi connectivity index (χ3v) is 5.97. The summed E-state index contributed by atoms with van der Waals surface area (Å²) in [5, 5.41) is 0. The minimum atomic E-state index is -3.46.